The van der Waals surface area contributed by atoms with Crippen LogP contribution in [0.25, 0.3) is 0 Å². The Morgan fingerprint density at radius 1 is 0.870 bits per heavy atom. The zero-order valence-electron chi connectivity index (χ0n) is 14.3. The molecular weight excluding hydrogens is 276 g/mol. The lowest BCUT2D eigenvalue weighted by molar-refractivity contribution is 0.160. The molecule has 0 nitrogen and oxygen atoms in total. The lowest BCUT2D eigenvalue weighted by Gasteiger charge is -2.38. The predicted molar refractivity (Wildman–Crippen MR) is 103 cm³/mol. The molecule has 0 heterocycles. The Bertz CT molecular complexity index is 453. The fourth-order valence-electron chi connectivity index (χ4n) is 4.89. The fourth-order valence-corrected chi connectivity index (χ4v) is 4.89. The van der Waals surface area contributed by atoms with Gasteiger partial charge in [0.1, 0.15) is 0 Å². The average Bonchev–Trinajstić information content (AvgIpc) is 2.57. The molecule has 0 atom stereocenters. The van der Waals surface area contributed by atoms with Gasteiger partial charge in [-0.3, -0.25) is 0 Å². The van der Waals surface area contributed by atoms with Crippen molar-refractivity contribution in [1.82, 2.24) is 0 Å². The Balaban J connectivity index is 0.00000192. The Kier molecular flexibility index (Phi) is 6.93. The molecule has 2 aliphatic rings. The summed E-state index contributed by atoms with van der Waals surface area (Å²) in [4.78, 5) is 0. The molecule has 0 aliphatic heterocycles. The van der Waals surface area contributed by atoms with E-state index in [1.54, 1.807) is 5.56 Å². The van der Waals surface area contributed by atoms with Crippen molar-refractivity contribution < 1.29 is 0 Å². The van der Waals surface area contributed by atoms with Crippen LogP contribution in [0.5, 0.6) is 0 Å². The molecule has 2 aliphatic carbocycles. The van der Waals surface area contributed by atoms with Gasteiger partial charge in [0.2, 0.25) is 0 Å². The van der Waals surface area contributed by atoms with Gasteiger partial charge in [0.15, 0.2) is 0 Å². The first-order chi connectivity index (χ1) is 10.8. The molecule has 0 radical (unpaired) electrons. The van der Waals surface area contributed by atoms with Crippen LogP contribution in [0.15, 0.2) is 36.9 Å². The second-order valence-electron chi connectivity index (χ2n) is 7.83. The SMILES string of the molecule is C.C=CCC1CCC(C2CCC(c3ccc(C)cc3)CC2)CC1. The van der Waals surface area contributed by atoms with Gasteiger partial charge in [0, 0.05) is 0 Å². The van der Waals surface area contributed by atoms with Crippen LogP contribution >= 0.6 is 0 Å². The van der Waals surface area contributed by atoms with Gasteiger partial charge in [-0.05, 0) is 93.9 Å². The van der Waals surface area contributed by atoms with Crippen LogP contribution < -0.4 is 0 Å². The normalized spacial score (nSPS) is 31.2. The first kappa shape index (κ1) is 18.3. The molecule has 0 unspecified atom stereocenters. The summed E-state index contributed by atoms with van der Waals surface area (Å²) in [5, 5.41) is 0. The summed E-state index contributed by atoms with van der Waals surface area (Å²) in [5.74, 6) is 3.82. The van der Waals surface area contributed by atoms with E-state index < -0.39 is 0 Å². The highest BCUT2D eigenvalue weighted by Crippen LogP contribution is 2.44. The fraction of sp³-hybridized carbons (Fsp3) is 0.652. The van der Waals surface area contributed by atoms with Crippen molar-refractivity contribution >= 4 is 0 Å². The van der Waals surface area contributed by atoms with Gasteiger partial charge in [0.05, 0.1) is 0 Å². The maximum absolute atomic E-state index is 3.91. The molecule has 3 rings (SSSR count). The molecule has 0 spiro atoms. The molecule has 1 aromatic carbocycles. The van der Waals surface area contributed by atoms with E-state index in [1.165, 1.54) is 63.4 Å². The largest absolute Gasteiger partial charge is 0.103 e. The molecule has 0 N–H and O–H groups in total. The van der Waals surface area contributed by atoms with Crippen molar-refractivity contribution in [2.75, 3.05) is 0 Å². The van der Waals surface area contributed by atoms with Gasteiger partial charge in [-0.25, -0.2) is 0 Å². The van der Waals surface area contributed by atoms with Gasteiger partial charge in [0.25, 0.3) is 0 Å². The van der Waals surface area contributed by atoms with Gasteiger partial charge in [-0.1, -0.05) is 43.3 Å². The summed E-state index contributed by atoms with van der Waals surface area (Å²) in [6.45, 7) is 6.09. The lowest BCUT2D eigenvalue weighted by atomic mass is 9.68. The van der Waals surface area contributed by atoms with E-state index in [4.69, 9.17) is 0 Å². The minimum absolute atomic E-state index is 0. The topological polar surface area (TPSA) is 0 Å². The van der Waals surface area contributed by atoms with Crippen LogP contribution in [-0.4, -0.2) is 0 Å². The molecule has 23 heavy (non-hydrogen) atoms. The quantitative estimate of drug-likeness (QED) is 0.512. The minimum atomic E-state index is 0. The molecular formula is C23H36. The second kappa shape index (κ2) is 8.71. The molecule has 0 bridgehead atoms. The van der Waals surface area contributed by atoms with E-state index >= 15 is 0 Å². The third-order valence-corrected chi connectivity index (χ3v) is 6.38. The van der Waals surface area contributed by atoms with Gasteiger partial charge in [-0.2, -0.15) is 0 Å². The highest BCUT2D eigenvalue weighted by Gasteiger charge is 2.30. The Morgan fingerprint density at radius 3 is 1.91 bits per heavy atom. The van der Waals surface area contributed by atoms with Crippen LogP contribution in [0.4, 0.5) is 0 Å². The Morgan fingerprint density at radius 2 is 1.39 bits per heavy atom. The maximum atomic E-state index is 3.91. The summed E-state index contributed by atoms with van der Waals surface area (Å²) in [6.07, 6.45) is 15.0. The zero-order chi connectivity index (χ0) is 15.4. The maximum Gasteiger partial charge on any atom is -0.0162 e. The molecule has 0 aromatic heterocycles. The molecule has 1 aromatic rings. The van der Waals surface area contributed by atoms with Crippen LogP contribution in [0, 0.1) is 24.7 Å². The van der Waals surface area contributed by atoms with Gasteiger partial charge >= 0.3 is 0 Å². The van der Waals surface area contributed by atoms with E-state index in [2.05, 4.69) is 43.8 Å². The third kappa shape index (κ3) is 4.72. The number of allylic oxidation sites excluding steroid dienone is 1. The van der Waals surface area contributed by atoms with Crippen molar-refractivity contribution in [1.29, 1.82) is 0 Å². The predicted octanol–water partition coefficient (Wildman–Crippen LogP) is 7.29. The van der Waals surface area contributed by atoms with Crippen LogP contribution in [0.2, 0.25) is 0 Å². The molecule has 0 heteroatoms. The molecule has 2 fully saturated rings. The standard InChI is InChI=1S/C22H32.CH4/c1-3-4-18-7-11-20(12-8-18)22-15-13-21(14-16-22)19-9-5-17(2)6-10-19;/h3,5-6,9-10,18,20-22H,1,4,7-8,11-16H2,2H3;1H4. The van der Waals surface area contributed by atoms with E-state index in [9.17, 15) is 0 Å². The molecule has 128 valence electrons. The molecule has 2 saturated carbocycles. The van der Waals surface area contributed by atoms with Crippen LogP contribution in [0.1, 0.15) is 82.3 Å². The van der Waals surface area contributed by atoms with E-state index in [1.807, 2.05) is 0 Å². The van der Waals surface area contributed by atoms with Gasteiger partial charge < -0.3 is 0 Å². The van der Waals surface area contributed by atoms with Crippen LogP contribution in [0.3, 0.4) is 0 Å². The van der Waals surface area contributed by atoms with Crippen molar-refractivity contribution in [2.24, 2.45) is 17.8 Å². The summed E-state index contributed by atoms with van der Waals surface area (Å²) >= 11 is 0. The van der Waals surface area contributed by atoms with Crippen molar-refractivity contribution in [2.45, 2.75) is 78.1 Å². The Labute approximate surface area is 144 Å². The summed E-state index contributed by atoms with van der Waals surface area (Å²) < 4.78 is 0. The Hall–Kier alpha value is -1.04. The number of benzene rings is 1. The highest BCUT2D eigenvalue weighted by atomic mass is 14.4. The number of hydrogen-bond donors (Lipinski definition) is 0. The summed E-state index contributed by atoms with van der Waals surface area (Å²) in [5.41, 5.74) is 2.97. The minimum Gasteiger partial charge on any atom is -0.103 e. The van der Waals surface area contributed by atoms with E-state index in [0.717, 1.165) is 23.7 Å². The second-order valence-corrected chi connectivity index (χ2v) is 7.83. The summed E-state index contributed by atoms with van der Waals surface area (Å²) in [6, 6.07) is 9.28. The van der Waals surface area contributed by atoms with E-state index in [-0.39, 0.29) is 7.43 Å². The zero-order valence-corrected chi connectivity index (χ0v) is 14.3. The first-order valence-corrected chi connectivity index (χ1v) is 9.43. The monoisotopic (exact) mass is 312 g/mol. The molecule has 0 saturated heterocycles. The van der Waals surface area contributed by atoms with Crippen molar-refractivity contribution in [3.05, 3.63) is 48.0 Å². The van der Waals surface area contributed by atoms with Crippen LogP contribution in [-0.2, 0) is 0 Å². The van der Waals surface area contributed by atoms with Crippen molar-refractivity contribution in [3.8, 4) is 0 Å². The lowest BCUT2D eigenvalue weighted by Crippen LogP contribution is -2.25. The van der Waals surface area contributed by atoms with Crippen molar-refractivity contribution in [3.63, 3.8) is 0 Å². The van der Waals surface area contributed by atoms with E-state index in [0.29, 0.717) is 0 Å². The molecule has 0 amide bonds. The highest BCUT2D eigenvalue weighted by molar-refractivity contribution is 5.24. The third-order valence-electron chi connectivity index (χ3n) is 6.38. The average molecular weight is 313 g/mol. The number of hydrogen-bond acceptors (Lipinski definition) is 0. The first-order valence-electron chi connectivity index (χ1n) is 9.43. The number of rotatable bonds is 4. The summed E-state index contributed by atoms with van der Waals surface area (Å²) in [7, 11) is 0. The number of aryl methyl sites for hydroxylation is 1. The van der Waals surface area contributed by atoms with Gasteiger partial charge in [-0.15, -0.1) is 6.58 Å². The smallest absolute Gasteiger partial charge is 0.0162 e.